The highest BCUT2D eigenvalue weighted by atomic mass is 19.4. The van der Waals surface area contributed by atoms with Gasteiger partial charge in [-0.05, 0) is 30.5 Å². The summed E-state index contributed by atoms with van der Waals surface area (Å²) in [4.78, 5) is 4.41. The fourth-order valence-corrected chi connectivity index (χ4v) is 2.50. The summed E-state index contributed by atoms with van der Waals surface area (Å²) in [6.45, 7) is 1.85. The molecule has 2 N–H and O–H groups in total. The molecule has 0 saturated carbocycles. The minimum Gasteiger partial charge on any atom is -0.406 e. The van der Waals surface area contributed by atoms with Crippen LogP contribution in [0.2, 0.25) is 0 Å². The monoisotopic (exact) mass is 342 g/mol. The van der Waals surface area contributed by atoms with Gasteiger partial charge in [-0.3, -0.25) is 5.10 Å². The molecule has 130 valence electrons. The molecule has 9 heteroatoms. The number of rotatable bonds is 5. The Morgan fingerprint density at radius 1 is 1.21 bits per heavy atom. The van der Waals surface area contributed by atoms with Gasteiger partial charge in [-0.1, -0.05) is 12.1 Å². The predicted molar refractivity (Wildman–Crippen MR) is 79.6 cm³/mol. The Bertz CT molecular complexity index is 651. The topological polar surface area (TPSA) is 72.1 Å². The van der Waals surface area contributed by atoms with E-state index in [9.17, 15) is 13.2 Å². The molecule has 0 atom stereocenters. The van der Waals surface area contributed by atoms with Crippen molar-refractivity contribution in [3.63, 3.8) is 0 Å². The molecule has 1 aromatic carbocycles. The lowest BCUT2D eigenvalue weighted by Crippen LogP contribution is -2.17. The van der Waals surface area contributed by atoms with Gasteiger partial charge in [0.1, 0.15) is 11.6 Å². The predicted octanol–water partition coefficient (Wildman–Crippen LogP) is 3.21. The van der Waals surface area contributed by atoms with Crippen LogP contribution in [0.3, 0.4) is 0 Å². The summed E-state index contributed by atoms with van der Waals surface area (Å²) in [7, 11) is 0. The van der Waals surface area contributed by atoms with Crippen molar-refractivity contribution < 1.29 is 22.6 Å². The lowest BCUT2D eigenvalue weighted by molar-refractivity contribution is -0.274. The number of alkyl halides is 3. The van der Waals surface area contributed by atoms with Crippen LogP contribution in [0.15, 0.2) is 24.3 Å². The highest BCUT2D eigenvalue weighted by molar-refractivity contribution is 5.31. The third kappa shape index (κ3) is 4.60. The van der Waals surface area contributed by atoms with Gasteiger partial charge in [-0.2, -0.15) is 4.98 Å². The number of aromatic nitrogens is 3. The summed E-state index contributed by atoms with van der Waals surface area (Å²) in [5.74, 6) is 1.37. The molecule has 0 spiro atoms. The van der Waals surface area contributed by atoms with Crippen LogP contribution in [-0.4, -0.2) is 34.8 Å². The minimum absolute atomic E-state index is 0.244. The molecule has 1 saturated heterocycles. The first-order valence-electron chi connectivity index (χ1n) is 7.58. The van der Waals surface area contributed by atoms with Gasteiger partial charge < -0.3 is 14.8 Å². The summed E-state index contributed by atoms with van der Waals surface area (Å²) in [5.41, 5.74) is 0.793. The molecule has 24 heavy (non-hydrogen) atoms. The summed E-state index contributed by atoms with van der Waals surface area (Å²) >= 11 is 0. The van der Waals surface area contributed by atoms with Crippen LogP contribution in [0.5, 0.6) is 5.75 Å². The molecule has 3 rings (SSSR count). The smallest absolute Gasteiger partial charge is 0.406 e. The van der Waals surface area contributed by atoms with E-state index in [1.165, 1.54) is 12.1 Å². The number of aromatic amines is 1. The number of ether oxygens (including phenoxy) is 2. The van der Waals surface area contributed by atoms with Crippen molar-refractivity contribution in [2.24, 2.45) is 0 Å². The molecule has 2 aromatic rings. The lowest BCUT2D eigenvalue weighted by Gasteiger charge is -2.19. The van der Waals surface area contributed by atoms with Gasteiger partial charge in [0.2, 0.25) is 5.95 Å². The first-order valence-corrected chi connectivity index (χ1v) is 7.58. The Morgan fingerprint density at radius 3 is 2.58 bits per heavy atom. The SMILES string of the molecule is FC(F)(F)Oc1ccc(CNc2n[nH]c(C3CCOCC3)n2)cc1. The zero-order valence-corrected chi connectivity index (χ0v) is 12.8. The molecule has 1 aliphatic rings. The summed E-state index contributed by atoms with van der Waals surface area (Å²) in [6.07, 6.45) is -2.86. The third-order valence-electron chi connectivity index (χ3n) is 3.72. The maximum atomic E-state index is 12.1. The fraction of sp³-hybridized carbons (Fsp3) is 0.467. The maximum absolute atomic E-state index is 12.1. The molecule has 0 aliphatic carbocycles. The van der Waals surface area contributed by atoms with Crippen molar-refractivity contribution in [3.8, 4) is 5.75 Å². The Hall–Kier alpha value is -2.29. The van der Waals surface area contributed by atoms with Crippen molar-refractivity contribution >= 4 is 5.95 Å². The molecule has 0 radical (unpaired) electrons. The van der Waals surface area contributed by atoms with Crippen molar-refractivity contribution in [2.45, 2.75) is 31.7 Å². The molecule has 0 bridgehead atoms. The molecular formula is C15H17F3N4O2. The van der Waals surface area contributed by atoms with E-state index in [-0.39, 0.29) is 5.75 Å². The number of hydrogen-bond donors (Lipinski definition) is 2. The molecule has 2 heterocycles. The Morgan fingerprint density at radius 2 is 1.92 bits per heavy atom. The van der Waals surface area contributed by atoms with Crippen LogP contribution < -0.4 is 10.1 Å². The number of anilines is 1. The molecule has 1 aromatic heterocycles. The number of halogens is 3. The summed E-state index contributed by atoms with van der Waals surface area (Å²) in [5, 5.41) is 10.1. The number of nitrogens with one attached hydrogen (secondary N) is 2. The van der Waals surface area contributed by atoms with E-state index in [1.54, 1.807) is 12.1 Å². The number of H-pyrrole nitrogens is 1. The number of hydrogen-bond acceptors (Lipinski definition) is 5. The van der Waals surface area contributed by atoms with E-state index in [0.717, 1.165) is 37.4 Å². The van der Waals surface area contributed by atoms with Gasteiger partial charge in [0, 0.05) is 25.7 Å². The van der Waals surface area contributed by atoms with E-state index in [0.29, 0.717) is 18.4 Å². The second-order valence-corrected chi connectivity index (χ2v) is 5.48. The van der Waals surface area contributed by atoms with E-state index in [4.69, 9.17) is 4.74 Å². The quantitative estimate of drug-likeness (QED) is 0.873. The highest BCUT2D eigenvalue weighted by Gasteiger charge is 2.30. The van der Waals surface area contributed by atoms with Crippen LogP contribution in [0.25, 0.3) is 0 Å². The largest absolute Gasteiger partial charge is 0.573 e. The van der Waals surface area contributed by atoms with Gasteiger partial charge >= 0.3 is 6.36 Å². The third-order valence-corrected chi connectivity index (χ3v) is 3.72. The van der Waals surface area contributed by atoms with Crippen molar-refractivity contribution in [3.05, 3.63) is 35.7 Å². The first kappa shape index (κ1) is 16.6. The van der Waals surface area contributed by atoms with Crippen LogP contribution in [-0.2, 0) is 11.3 Å². The Labute approximate surface area is 136 Å². The van der Waals surface area contributed by atoms with Crippen molar-refractivity contribution in [1.82, 2.24) is 15.2 Å². The minimum atomic E-state index is -4.68. The number of nitrogens with zero attached hydrogens (tertiary/aromatic N) is 2. The van der Waals surface area contributed by atoms with Gasteiger partial charge in [0.25, 0.3) is 0 Å². The first-order chi connectivity index (χ1) is 11.5. The normalized spacial score (nSPS) is 16.1. The van der Waals surface area contributed by atoms with Crippen LogP contribution in [0, 0.1) is 0 Å². The Balaban J connectivity index is 1.53. The average Bonchev–Trinajstić information content (AvgIpc) is 3.03. The van der Waals surface area contributed by atoms with E-state index in [2.05, 4.69) is 25.2 Å². The molecule has 0 unspecified atom stereocenters. The van der Waals surface area contributed by atoms with Gasteiger partial charge in [0.05, 0.1) is 0 Å². The molecular weight excluding hydrogens is 325 g/mol. The zero-order chi connectivity index (χ0) is 17.0. The zero-order valence-electron chi connectivity index (χ0n) is 12.8. The van der Waals surface area contributed by atoms with Gasteiger partial charge in [-0.15, -0.1) is 18.3 Å². The van der Waals surface area contributed by atoms with Gasteiger partial charge in [0.15, 0.2) is 0 Å². The molecule has 1 fully saturated rings. The summed E-state index contributed by atoms with van der Waals surface area (Å²) < 4.78 is 45.5. The molecule has 1 aliphatic heterocycles. The van der Waals surface area contributed by atoms with E-state index < -0.39 is 6.36 Å². The van der Waals surface area contributed by atoms with E-state index >= 15 is 0 Å². The summed E-state index contributed by atoms with van der Waals surface area (Å²) in [6, 6.07) is 5.66. The van der Waals surface area contributed by atoms with Crippen LogP contribution in [0.4, 0.5) is 19.1 Å². The van der Waals surface area contributed by atoms with Gasteiger partial charge in [-0.25, -0.2) is 0 Å². The molecule has 6 nitrogen and oxygen atoms in total. The van der Waals surface area contributed by atoms with E-state index in [1.807, 2.05) is 0 Å². The second kappa shape index (κ2) is 7.08. The second-order valence-electron chi connectivity index (χ2n) is 5.48. The standard InChI is InChI=1S/C15H17F3N4O2/c16-15(17,18)24-12-3-1-10(2-4-12)9-19-14-20-13(21-22-14)11-5-7-23-8-6-11/h1-4,11H,5-9H2,(H2,19,20,21,22). The van der Waals surface area contributed by atoms with Crippen molar-refractivity contribution in [2.75, 3.05) is 18.5 Å². The van der Waals surface area contributed by atoms with Crippen molar-refractivity contribution in [1.29, 1.82) is 0 Å². The highest BCUT2D eigenvalue weighted by Crippen LogP contribution is 2.25. The lowest BCUT2D eigenvalue weighted by atomic mass is 10.00. The Kier molecular flexibility index (Phi) is 4.89. The van der Waals surface area contributed by atoms with Crippen LogP contribution in [0.1, 0.15) is 30.1 Å². The maximum Gasteiger partial charge on any atom is 0.573 e. The number of benzene rings is 1. The molecule has 0 amide bonds. The average molecular weight is 342 g/mol. The van der Waals surface area contributed by atoms with Crippen LogP contribution >= 0.6 is 0 Å². The fourth-order valence-electron chi connectivity index (χ4n) is 2.50.